The lowest BCUT2D eigenvalue weighted by Crippen LogP contribution is -2.39. The van der Waals surface area contributed by atoms with E-state index in [0.29, 0.717) is 31.7 Å². The van der Waals surface area contributed by atoms with Crippen LogP contribution in [0.15, 0.2) is 6.07 Å². The number of pyridine rings is 1. The summed E-state index contributed by atoms with van der Waals surface area (Å²) in [6, 6.07) is 1.26. The maximum atomic E-state index is 14.0. The number of alkyl halides is 2. The molecule has 0 unspecified atom stereocenters. The van der Waals surface area contributed by atoms with Crippen LogP contribution in [0.1, 0.15) is 31.7 Å². The minimum Gasteiger partial charge on any atom is -0.396 e. The van der Waals surface area contributed by atoms with Crippen LogP contribution in [0, 0.1) is 0 Å². The molecule has 5 nitrogen and oxygen atoms in total. The molecule has 1 fully saturated rings. The molecule has 0 spiro atoms. The van der Waals surface area contributed by atoms with Gasteiger partial charge in [-0.1, -0.05) is 18.5 Å². The van der Waals surface area contributed by atoms with Gasteiger partial charge in [-0.25, -0.2) is 22.2 Å². The summed E-state index contributed by atoms with van der Waals surface area (Å²) in [5.41, 5.74) is 5.10. The molecule has 0 amide bonds. The third-order valence-corrected chi connectivity index (χ3v) is 6.18. The summed E-state index contributed by atoms with van der Waals surface area (Å²) in [5, 5.41) is -0.560. The Balaban J connectivity index is 2.29. The van der Waals surface area contributed by atoms with Crippen molar-refractivity contribution in [3.8, 4) is 0 Å². The number of nitrogen functional groups attached to an aromatic ring is 1. The number of hydrogen-bond donors (Lipinski definition) is 1. The average molecular weight is 368 g/mol. The highest BCUT2D eigenvalue weighted by Crippen LogP contribution is 2.39. The highest BCUT2D eigenvalue weighted by molar-refractivity contribution is 7.91. The molecule has 2 heterocycles. The second kappa shape index (κ2) is 6.39. The first-order valence-corrected chi connectivity index (χ1v) is 9.67. The Kier molecular flexibility index (Phi) is 5.06. The van der Waals surface area contributed by atoms with Crippen LogP contribution in [0.4, 0.5) is 20.3 Å². The lowest BCUT2D eigenvalue weighted by Gasteiger charge is -2.32. The fraction of sp³-hybridized carbons (Fsp3) is 0.643. The molecule has 2 rings (SSSR count). The molecule has 9 heteroatoms. The monoisotopic (exact) mass is 367 g/mol. The second-order valence-electron chi connectivity index (χ2n) is 5.81. The molecule has 0 atom stereocenters. The van der Waals surface area contributed by atoms with Crippen molar-refractivity contribution in [2.45, 2.75) is 37.4 Å². The van der Waals surface area contributed by atoms with E-state index >= 15 is 0 Å². The van der Waals surface area contributed by atoms with Gasteiger partial charge in [-0.3, -0.25) is 0 Å². The van der Waals surface area contributed by atoms with Crippen molar-refractivity contribution in [2.24, 2.45) is 0 Å². The number of rotatable bonds is 4. The highest BCUT2D eigenvalue weighted by Gasteiger charge is 2.34. The molecular formula is C14H20ClF2N3O2S. The average Bonchev–Trinajstić information content (AvgIpc) is 2.49. The number of hydrogen-bond acceptors (Lipinski definition) is 5. The zero-order valence-electron chi connectivity index (χ0n) is 13.0. The summed E-state index contributed by atoms with van der Waals surface area (Å²) in [7, 11) is -3.09. The summed E-state index contributed by atoms with van der Waals surface area (Å²) in [6.45, 7) is 2.20. The van der Waals surface area contributed by atoms with Crippen molar-refractivity contribution in [2.75, 3.05) is 30.0 Å². The number of aromatic nitrogens is 1. The van der Waals surface area contributed by atoms with E-state index in [9.17, 15) is 17.2 Å². The number of sulfone groups is 1. The Morgan fingerprint density at radius 3 is 2.48 bits per heavy atom. The smallest absolute Gasteiger partial charge is 0.275 e. The zero-order chi connectivity index (χ0) is 17.4. The Bertz CT molecular complexity index is 690. The first kappa shape index (κ1) is 18.2. The number of nitrogens with zero attached hydrogens (tertiary/aromatic N) is 2. The second-order valence-corrected chi connectivity index (χ2v) is 8.49. The number of piperidine rings is 1. The van der Waals surface area contributed by atoms with Gasteiger partial charge in [0.1, 0.15) is 15.7 Å². The van der Waals surface area contributed by atoms with E-state index in [1.54, 1.807) is 4.90 Å². The lowest BCUT2D eigenvalue weighted by atomic mass is 10.0. The first-order chi connectivity index (χ1) is 10.6. The molecule has 130 valence electrons. The Morgan fingerprint density at radius 2 is 2.00 bits per heavy atom. The van der Waals surface area contributed by atoms with E-state index in [2.05, 4.69) is 4.98 Å². The van der Waals surface area contributed by atoms with Gasteiger partial charge in [0.15, 0.2) is 5.15 Å². The number of nitrogens with two attached hydrogens (primary N) is 1. The quantitative estimate of drug-likeness (QED) is 0.828. The summed E-state index contributed by atoms with van der Waals surface area (Å²) in [6.07, 6.45) is 1.68. The van der Waals surface area contributed by atoms with Crippen molar-refractivity contribution in [1.29, 1.82) is 0 Å². The van der Waals surface area contributed by atoms with Crippen molar-refractivity contribution in [3.63, 3.8) is 0 Å². The van der Waals surface area contributed by atoms with Crippen molar-refractivity contribution >= 4 is 32.9 Å². The van der Waals surface area contributed by atoms with Crippen LogP contribution in [-0.4, -0.2) is 38.0 Å². The van der Waals surface area contributed by atoms with Gasteiger partial charge in [-0.15, -0.1) is 0 Å². The molecule has 1 aliphatic rings. The minimum absolute atomic E-state index is 0.157. The van der Waals surface area contributed by atoms with Crippen molar-refractivity contribution in [3.05, 3.63) is 16.8 Å². The molecule has 1 saturated heterocycles. The Hall–Kier alpha value is -1.15. The Labute approximate surface area is 139 Å². The van der Waals surface area contributed by atoms with Gasteiger partial charge < -0.3 is 10.6 Å². The molecule has 23 heavy (non-hydrogen) atoms. The molecule has 0 aliphatic carbocycles. The van der Waals surface area contributed by atoms with Crippen LogP contribution in [0.25, 0.3) is 0 Å². The minimum atomic E-state index is -3.09. The molecule has 2 N–H and O–H groups in total. The van der Waals surface area contributed by atoms with Gasteiger partial charge in [0.05, 0.1) is 16.5 Å². The van der Waals surface area contributed by atoms with E-state index in [0.717, 1.165) is 0 Å². The molecule has 0 radical (unpaired) electrons. The molecule has 1 aromatic rings. The number of anilines is 2. The van der Waals surface area contributed by atoms with Gasteiger partial charge in [-0.05, 0) is 18.9 Å². The third kappa shape index (κ3) is 3.85. The van der Waals surface area contributed by atoms with Gasteiger partial charge in [-0.2, -0.15) is 0 Å². The van der Waals surface area contributed by atoms with Crippen LogP contribution >= 0.6 is 11.6 Å². The molecule has 1 aliphatic heterocycles. The van der Waals surface area contributed by atoms with Gasteiger partial charge in [0.25, 0.3) is 5.92 Å². The summed E-state index contributed by atoms with van der Waals surface area (Å²) >= 11 is 5.91. The largest absolute Gasteiger partial charge is 0.396 e. The third-order valence-electron chi connectivity index (χ3n) is 4.21. The van der Waals surface area contributed by atoms with Crippen LogP contribution < -0.4 is 10.6 Å². The predicted molar refractivity (Wildman–Crippen MR) is 87.9 cm³/mol. The van der Waals surface area contributed by atoms with E-state index < -0.39 is 27.4 Å². The molecule has 1 aromatic heterocycles. The van der Waals surface area contributed by atoms with E-state index in [1.807, 2.05) is 0 Å². The highest BCUT2D eigenvalue weighted by atomic mass is 35.5. The lowest BCUT2D eigenvalue weighted by molar-refractivity contribution is -0.00752. The summed E-state index contributed by atoms with van der Waals surface area (Å²) < 4.78 is 51.2. The SMILES string of the molecule is CCC(F)(F)c1cc(N2CCC(S(C)(=O)=O)CC2)nc(Cl)c1N. The standard InChI is InChI=1S/C14H20ClF2N3O2S/c1-3-14(16,17)10-8-11(19-13(15)12(10)18)20-6-4-9(5-7-20)23(2,21)22/h8-9H,3-7,18H2,1-2H3. The molecule has 0 saturated carbocycles. The number of halogens is 3. The fourth-order valence-corrected chi connectivity index (χ4v) is 3.93. The predicted octanol–water partition coefficient (Wildman–Crippen LogP) is 2.83. The maximum Gasteiger partial charge on any atom is 0.275 e. The van der Waals surface area contributed by atoms with E-state index in [-0.39, 0.29) is 16.4 Å². The summed E-state index contributed by atoms with van der Waals surface area (Å²) in [5.74, 6) is -2.78. The molecular weight excluding hydrogens is 348 g/mol. The van der Waals surface area contributed by atoms with Crippen molar-refractivity contribution in [1.82, 2.24) is 4.98 Å². The topological polar surface area (TPSA) is 76.3 Å². The van der Waals surface area contributed by atoms with Crippen LogP contribution in [0.3, 0.4) is 0 Å². The zero-order valence-corrected chi connectivity index (χ0v) is 14.6. The van der Waals surface area contributed by atoms with E-state index in [4.69, 9.17) is 17.3 Å². The van der Waals surface area contributed by atoms with Gasteiger partial charge >= 0.3 is 0 Å². The van der Waals surface area contributed by atoms with Crippen LogP contribution in [0.5, 0.6) is 0 Å². The Morgan fingerprint density at radius 1 is 1.43 bits per heavy atom. The normalized spacial score (nSPS) is 17.5. The van der Waals surface area contributed by atoms with Crippen LogP contribution in [-0.2, 0) is 15.8 Å². The molecule has 0 aromatic carbocycles. The van der Waals surface area contributed by atoms with Crippen molar-refractivity contribution < 1.29 is 17.2 Å². The van der Waals surface area contributed by atoms with Gasteiger partial charge in [0, 0.05) is 25.8 Å². The summed E-state index contributed by atoms with van der Waals surface area (Å²) in [4.78, 5) is 5.84. The van der Waals surface area contributed by atoms with E-state index in [1.165, 1.54) is 19.2 Å². The van der Waals surface area contributed by atoms with Gasteiger partial charge in [0.2, 0.25) is 0 Å². The van der Waals surface area contributed by atoms with Crippen LogP contribution in [0.2, 0.25) is 5.15 Å². The maximum absolute atomic E-state index is 14.0. The fourth-order valence-electron chi connectivity index (χ4n) is 2.68. The molecule has 0 bridgehead atoms. The first-order valence-electron chi connectivity index (χ1n) is 7.34.